The maximum Gasteiger partial charge on any atom is 0.389 e. The van der Waals surface area contributed by atoms with Crippen LogP contribution in [0.1, 0.15) is 34.5 Å². The summed E-state index contributed by atoms with van der Waals surface area (Å²) in [6, 6.07) is 1.65. The van der Waals surface area contributed by atoms with Gasteiger partial charge in [-0.05, 0) is 11.6 Å². The highest BCUT2D eigenvalue weighted by atomic mass is 19.4. The van der Waals surface area contributed by atoms with Gasteiger partial charge < -0.3 is 10.6 Å². The molecule has 0 aliphatic carbocycles. The highest BCUT2D eigenvalue weighted by molar-refractivity contribution is 5.93. The summed E-state index contributed by atoms with van der Waals surface area (Å²) in [5.41, 5.74) is 1.92. The number of nitrogens with one attached hydrogen (secondary N) is 2. The van der Waals surface area contributed by atoms with Gasteiger partial charge in [0.1, 0.15) is 6.33 Å². The molecule has 0 saturated carbocycles. The Balaban J connectivity index is 1.55. The van der Waals surface area contributed by atoms with Crippen molar-refractivity contribution in [1.29, 1.82) is 0 Å². The fraction of sp³-hybridized carbons (Fsp3) is 0.294. The molecule has 0 atom stereocenters. The topological polar surface area (TPSA) is 114 Å². The summed E-state index contributed by atoms with van der Waals surface area (Å²) in [4.78, 5) is 35.4. The molecule has 152 valence electrons. The summed E-state index contributed by atoms with van der Waals surface area (Å²) in [6.07, 6.45) is 1.05. The van der Waals surface area contributed by atoms with Crippen molar-refractivity contribution >= 4 is 17.5 Å². The van der Waals surface area contributed by atoms with Crippen LogP contribution < -0.4 is 10.6 Å². The fourth-order valence-corrected chi connectivity index (χ4v) is 2.38. The molecule has 3 aromatic rings. The van der Waals surface area contributed by atoms with Crippen LogP contribution in [0.5, 0.6) is 0 Å². The van der Waals surface area contributed by atoms with Gasteiger partial charge in [-0.25, -0.2) is 19.5 Å². The number of halogens is 3. The highest BCUT2D eigenvalue weighted by Crippen LogP contribution is 2.21. The smallest absolute Gasteiger partial charge is 0.352 e. The van der Waals surface area contributed by atoms with E-state index < -0.39 is 24.9 Å². The SMILES string of the molecule is O=C(CCC(F)(F)F)NCc1cnn2cc(CNC(=O)c3cncnc3)nc2c1. The second kappa shape index (κ2) is 8.63. The monoisotopic (exact) mass is 407 g/mol. The van der Waals surface area contributed by atoms with Gasteiger partial charge in [-0.3, -0.25) is 9.59 Å². The maximum absolute atomic E-state index is 12.1. The van der Waals surface area contributed by atoms with Crippen LogP contribution in [0.25, 0.3) is 5.65 Å². The van der Waals surface area contributed by atoms with Gasteiger partial charge in [0, 0.05) is 25.4 Å². The number of nitrogens with zero attached hydrogens (tertiary/aromatic N) is 5. The van der Waals surface area contributed by atoms with E-state index in [9.17, 15) is 22.8 Å². The number of amides is 2. The van der Waals surface area contributed by atoms with Crippen LogP contribution >= 0.6 is 0 Å². The van der Waals surface area contributed by atoms with E-state index in [1.54, 1.807) is 12.3 Å². The van der Waals surface area contributed by atoms with Crippen LogP contribution in [0, 0.1) is 0 Å². The lowest BCUT2D eigenvalue weighted by Crippen LogP contribution is -2.24. The van der Waals surface area contributed by atoms with Crippen LogP contribution in [0.2, 0.25) is 0 Å². The number of alkyl halides is 3. The van der Waals surface area contributed by atoms with Gasteiger partial charge in [-0.15, -0.1) is 0 Å². The summed E-state index contributed by atoms with van der Waals surface area (Å²) < 4.78 is 37.9. The molecule has 0 spiro atoms. The molecule has 2 N–H and O–H groups in total. The van der Waals surface area contributed by atoms with Gasteiger partial charge in [0.15, 0.2) is 5.65 Å². The standard InChI is InChI=1S/C17H16F3N7O2/c18-17(19,20)2-1-15(28)23-4-11-3-14-26-13(9-27(14)25-5-11)8-24-16(29)12-6-21-10-22-7-12/h3,5-7,9-10H,1-2,4,8H2,(H,23,28)(H,24,29). The zero-order valence-electron chi connectivity index (χ0n) is 15.0. The van der Waals surface area contributed by atoms with E-state index in [0.717, 1.165) is 0 Å². The number of hydrogen-bond acceptors (Lipinski definition) is 6. The van der Waals surface area contributed by atoms with Crippen LogP contribution in [0.15, 0.2) is 37.2 Å². The Morgan fingerprint density at radius 3 is 2.55 bits per heavy atom. The summed E-state index contributed by atoms with van der Waals surface area (Å²) in [5, 5.41) is 9.24. The van der Waals surface area contributed by atoms with Crippen LogP contribution in [0.3, 0.4) is 0 Å². The summed E-state index contributed by atoms with van der Waals surface area (Å²) in [7, 11) is 0. The number of carbonyl (C=O) groups excluding carboxylic acids is 2. The molecule has 0 aromatic carbocycles. The molecule has 0 fully saturated rings. The normalized spacial score (nSPS) is 11.4. The Hall–Kier alpha value is -3.57. The molecule has 0 saturated heterocycles. The van der Waals surface area contributed by atoms with Gasteiger partial charge in [-0.1, -0.05) is 0 Å². The quantitative estimate of drug-likeness (QED) is 0.612. The van der Waals surface area contributed by atoms with E-state index in [4.69, 9.17) is 0 Å². The Kier molecular flexibility index (Phi) is 6.00. The average Bonchev–Trinajstić information content (AvgIpc) is 3.11. The molecule has 3 rings (SSSR count). The van der Waals surface area contributed by atoms with Crippen molar-refractivity contribution in [2.75, 3.05) is 0 Å². The van der Waals surface area contributed by atoms with Gasteiger partial charge in [0.25, 0.3) is 5.91 Å². The third-order valence-electron chi connectivity index (χ3n) is 3.80. The van der Waals surface area contributed by atoms with E-state index in [1.165, 1.54) is 29.4 Å². The predicted molar refractivity (Wildman–Crippen MR) is 93.3 cm³/mol. The lowest BCUT2D eigenvalue weighted by molar-refractivity contribution is -0.144. The third kappa shape index (κ3) is 5.96. The van der Waals surface area contributed by atoms with Gasteiger partial charge in [0.05, 0.1) is 36.6 Å². The second-order valence-electron chi connectivity index (χ2n) is 6.10. The molecule has 9 nitrogen and oxygen atoms in total. The minimum atomic E-state index is -4.37. The molecule has 0 aliphatic heterocycles. The first kappa shape index (κ1) is 20.2. The summed E-state index contributed by atoms with van der Waals surface area (Å²) in [5.74, 6) is -1.04. The Morgan fingerprint density at radius 2 is 1.83 bits per heavy atom. The van der Waals surface area contributed by atoms with Crippen molar-refractivity contribution in [2.45, 2.75) is 32.1 Å². The van der Waals surface area contributed by atoms with E-state index in [-0.39, 0.29) is 19.0 Å². The number of imidazole rings is 1. The van der Waals surface area contributed by atoms with E-state index in [0.29, 0.717) is 22.5 Å². The first-order chi connectivity index (χ1) is 13.8. The van der Waals surface area contributed by atoms with E-state index in [2.05, 4.69) is 30.7 Å². The molecule has 0 aliphatic rings. The molecule has 2 amide bonds. The highest BCUT2D eigenvalue weighted by Gasteiger charge is 2.27. The van der Waals surface area contributed by atoms with Crippen LogP contribution in [-0.2, 0) is 17.9 Å². The molecule has 3 aromatic heterocycles. The first-order valence-electron chi connectivity index (χ1n) is 8.50. The molecule has 0 unspecified atom stereocenters. The maximum atomic E-state index is 12.1. The second-order valence-corrected chi connectivity index (χ2v) is 6.10. The minimum absolute atomic E-state index is 0.0348. The van der Waals surface area contributed by atoms with Gasteiger partial charge in [-0.2, -0.15) is 18.3 Å². The molecule has 3 heterocycles. The Labute approximate surface area is 162 Å². The van der Waals surface area contributed by atoms with Crippen molar-refractivity contribution in [3.63, 3.8) is 0 Å². The van der Waals surface area contributed by atoms with E-state index >= 15 is 0 Å². The number of fused-ring (bicyclic) bond motifs is 1. The van der Waals surface area contributed by atoms with Crippen molar-refractivity contribution in [1.82, 2.24) is 35.2 Å². The zero-order valence-corrected chi connectivity index (χ0v) is 15.0. The number of rotatable bonds is 7. The molecular formula is C17H16F3N7O2. The van der Waals surface area contributed by atoms with E-state index in [1.807, 2.05) is 0 Å². The van der Waals surface area contributed by atoms with Crippen LogP contribution in [0.4, 0.5) is 13.2 Å². The van der Waals surface area contributed by atoms with Crippen molar-refractivity contribution in [2.24, 2.45) is 0 Å². The number of aromatic nitrogens is 5. The molecule has 12 heteroatoms. The number of carbonyl (C=O) groups is 2. The lowest BCUT2D eigenvalue weighted by atomic mass is 10.2. The predicted octanol–water partition coefficient (Wildman–Crippen LogP) is 1.41. The molecular weight excluding hydrogens is 391 g/mol. The van der Waals surface area contributed by atoms with Crippen LogP contribution in [-0.4, -0.2) is 42.6 Å². The minimum Gasteiger partial charge on any atom is -0.352 e. The molecule has 0 bridgehead atoms. The Bertz CT molecular complexity index is 1010. The lowest BCUT2D eigenvalue weighted by Gasteiger charge is -2.07. The average molecular weight is 407 g/mol. The third-order valence-corrected chi connectivity index (χ3v) is 3.80. The van der Waals surface area contributed by atoms with Crippen molar-refractivity contribution < 1.29 is 22.8 Å². The van der Waals surface area contributed by atoms with Gasteiger partial charge in [0.2, 0.25) is 5.91 Å². The van der Waals surface area contributed by atoms with Crippen molar-refractivity contribution in [3.05, 3.63) is 54.0 Å². The fourth-order valence-electron chi connectivity index (χ4n) is 2.38. The largest absolute Gasteiger partial charge is 0.389 e. The zero-order chi connectivity index (χ0) is 20.9. The molecule has 0 radical (unpaired) electrons. The van der Waals surface area contributed by atoms with Gasteiger partial charge >= 0.3 is 6.18 Å². The first-order valence-corrected chi connectivity index (χ1v) is 8.50. The Morgan fingerprint density at radius 1 is 1.07 bits per heavy atom. The number of hydrogen-bond donors (Lipinski definition) is 2. The summed E-state index contributed by atoms with van der Waals surface area (Å²) >= 11 is 0. The van der Waals surface area contributed by atoms with Crippen molar-refractivity contribution in [3.8, 4) is 0 Å². The molecule has 29 heavy (non-hydrogen) atoms. The summed E-state index contributed by atoms with van der Waals surface area (Å²) in [6.45, 7) is 0.188.